The van der Waals surface area contributed by atoms with Crippen molar-refractivity contribution in [2.24, 2.45) is 11.5 Å². The van der Waals surface area contributed by atoms with E-state index in [-0.39, 0.29) is 5.91 Å². The van der Waals surface area contributed by atoms with Gasteiger partial charge in [-0.05, 0) is 61.9 Å². The molecule has 5 N–H and O–H groups in total. The Kier molecular flexibility index (Phi) is 8.66. The molecule has 0 fully saturated rings. The van der Waals surface area contributed by atoms with Crippen molar-refractivity contribution in [3.63, 3.8) is 0 Å². The zero-order valence-corrected chi connectivity index (χ0v) is 18.0. The number of hydrogen-bond acceptors (Lipinski definition) is 3. The first-order valence-corrected chi connectivity index (χ1v) is 10.7. The number of unbranched alkanes of at least 4 members (excludes halogenated alkanes) is 1. The molecule has 3 rings (SSSR count). The summed E-state index contributed by atoms with van der Waals surface area (Å²) in [6.45, 7) is 0.597. The van der Waals surface area contributed by atoms with E-state index < -0.39 is 6.04 Å². The maximum atomic E-state index is 12.5. The van der Waals surface area contributed by atoms with E-state index >= 15 is 0 Å². The topological polar surface area (TPSA) is 81.1 Å². The molecule has 0 saturated carbocycles. The molecule has 0 aliphatic heterocycles. The van der Waals surface area contributed by atoms with E-state index in [0.717, 1.165) is 35.1 Å². The Morgan fingerprint density at radius 1 is 0.750 bits per heavy atom. The van der Waals surface area contributed by atoms with Gasteiger partial charge in [-0.2, -0.15) is 0 Å². The maximum Gasteiger partial charge on any atom is 0.241 e. The Morgan fingerprint density at radius 3 is 1.75 bits per heavy atom. The molecule has 1 amide bonds. The highest BCUT2D eigenvalue weighted by Gasteiger charge is 2.13. The van der Waals surface area contributed by atoms with Crippen molar-refractivity contribution >= 4 is 11.6 Å². The number of rotatable bonds is 6. The van der Waals surface area contributed by atoms with Gasteiger partial charge >= 0.3 is 0 Å². The SMILES string of the molecule is NCCCC[C@H](N)C(=O)Nc1cc(C#Cc2ccccc2)cc(C#Cc2ccccc2)c1. The lowest BCUT2D eigenvalue weighted by molar-refractivity contribution is -0.117. The highest BCUT2D eigenvalue weighted by molar-refractivity contribution is 5.95. The molecule has 3 aromatic rings. The third-order valence-corrected chi connectivity index (χ3v) is 4.76. The molecule has 0 aliphatic rings. The Labute approximate surface area is 190 Å². The Hall–Kier alpha value is -3.83. The van der Waals surface area contributed by atoms with Crippen molar-refractivity contribution < 1.29 is 4.79 Å². The number of carbonyl (C=O) groups is 1. The summed E-state index contributed by atoms with van der Waals surface area (Å²) in [5, 5.41) is 2.92. The number of nitrogens with one attached hydrogen (secondary N) is 1. The number of anilines is 1. The van der Waals surface area contributed by atoms with Gasteiger partial charge in [-0.1, -0.05) is 66.5 Å². The Bertz CT molecular complexity index is 1070. The lowest BCUT2D eigenvalue weighted by Gasteiger charge is -2.12. The van der Waals surface area contributed by atoms with Crippen molar-refractivity contribution in [2.75, 3.05) is 11.9 Å². The zero-order valence-electron chi connectivity index (χ0n) is 18.0. The predicted molar refractivity (Wildman–Crippen MR) is 131 cm³/mol. The van der Waals surface area contributed by atoms with Gasteiger partial charge in [0.2, 0.25) is 5.91 Å². The van der Waals surface area contributed by atoms with Crippen LogP contribution in [0.4, 0.5) is 5.69 Å². The monoisotopic (exact) mass is 421 g/mol. The summed E-state index contributed by atoms with van der Waals surface area (Å²) < 4.78 is 0. The molecule has 0 aromatic heterocycles. The number of nitrogens with two attached hydrogens (primary N) is 2. The molecule has 0 unspecified atom stereocenters. The van der Waals surface area contributed by atoms with Crippen LogP contribution in [0.1, 0.15) is 41.5 Å². The van der Waals surface area contributed by atoms with Crippen LogP contribution >= 0.6 is 0 Å². The molecular formula is C28H27N3O. The first kappa shape index (κ1) is 22.8. The fourth-order valence-corrected chi connectivity index (χ4v) is 3.05. The van der Waals surface area contributed by atoms with E-state index in [0.29, 0.717) is 18.7 Å². The molecule has 3 aromatic carbocycles. The van der Waals surface area contributed by atoms with Crippen molar-refractivity contribution in [2.45, 2.75) is 25.3 Å². The maximum absolute atomic E-state index is 12.5. The zero-order chi connectivity index (χ0) is 22.6. The highest BCUT2D eigenvalue weighted by atomic mass is 16.2. The first-order chi connectivity index (χ1) is 15.6. The van der Waals surface area contributed by atoms with E-state index in [1.807, 2.05) is 78.9 Å². The molecule has 4 nitrogen and oxygen atoms in total. The van der Waals surface area contributed by atoms with E-state index in [1.165, 1.54) is 0 Å². The summed E-state index contributed by atoms with van der Waals surface area (Å²) in [4.78, 5) is 12.5. The Morgan fingerprint density at radius 2 is 1.25 bits per heavy atom. The second kappa shape index (κ2) is 12.1. The summed E-state index contributed by atoms with van der Waals surface area (Å²) >= 11 is 0. The summed E-state index contributed by atoms with van der Waals surface area (Å²) in [5.74, 6) is 12.4. The minimum Gasteiger partial charge on any atom is -0.330 e. The van der Waals surface area contributed by atoms with Gasteiger partial charge in [0, 0.05) is 27.9 Å². The fourth-order valence-electron chi connectivity index (χ4n) is 3.05. The molecule has 160 valence electrons. The number of carbonyl (C=O) groups excluding carboxylic acids is 1. The Balaban J connectivity index is 1.86. The van der Waals surface area contributed by atoms with Crippen LogP contribution in [0.3, 0.4) is 0 Å². The summed E-state index contributed by atoms with van der Waals surface area (Å²) in [7, 11) is 0. The highest BCUT2D eigenvalue weighted by Crippen LogP contribution is 2.16. The molecule has 0 bridgehead atoms. The smallest absolute Gasteiger partial charge is 0.241 e. The van der Waals surface area contributed by atoms with Gasteiger partial charge in [0.25, 0.3) is 0 Å². The van der Waals surface area contributed by atoms with Crippen molar-refractivity contribution in [1.82, 2.24) is 0 Å². The van der Waals surface area contributed by atoms with Crippen molar-refractivity contribution in [3.05, 3.63) is 101 Å². The largest absolute Gasteiger partial charge is 0.330 e. The second-order valence-corrected chi connectivity index (χ2v) is 7.41. The van der Waals surface area contributed by atoms with Gasteiger partial charge in [-0.3, -0.25) is 4.79 Å². The van der Waals surface area contributed by atoms with Crippen LogP contribution in [0.5, 0.6) is 0 Å². The van der Waals surface area contributed by atoms with Crippen LogP contribution in [0, 0.1) is 23.7 Å². The van der Waals surface area contributed by atoms with Crippen LogP contribution in [0.2, 0.25) is 0 Å². The second-order valence-electron chi connectivity index (χ2n) is 7.41. The quantitative estimate of drug-likeness (QED) is 0.417. The standard InChI is InChI=1S/C28H27N3O/c29-18-8-7-13-27(30)28(32)31-26-20-24(16-14-22-9-3-1-4-10-22)19-25(21-26)17-15-23-11-5-2-6-12-23/h1-6,9-12,19-21,27H,7-8,13,18,29-30H2,(H,31,32)/t27-/m0/s1. The van der Waals surface area contributed by atoms with Gasteiger partial charge in [-0.25, -0.2) is 0 Å². The predicted octanol–water partition coefficient (Wildman–Crippen LogP) is 3.88. The number of benzene rings is 3. The first-order valence-electron chi connectivity index (χ1n) is 10.7. The molecule has 1 atom stereocenters. The molecule has 32 heavy (non-hydrogen) atoms. The third kappa shape index (κ3) is 7.45. The van der Waals surface area contributed by atoms with E-state index in [4.69, 9.17) is 11.5 Å². The minimum absolute atomic E-state index is 0.225. The van der Waals surface area contributed by atoms with Gasteiger partial charge in [0.15, 0.2) is 0 Å². The average Bonchev–Trinajstić information content (AvgIpc) is 2.83. The third-order valence-electron chi connectivity index (χ3n) is 4.76. The van der Waals surface area contributed by atoms with Crippen LogP contribution in [-0.2, 0) is 4.79 Å². The fraction of sp³-hybridized carbons (Fsp3) is 0.179. The lowest BCUT2D eigenvalue weighted by Crippen LogP contribution is -2.35. The molecule has 0 heterocycles. The molecule has 0 spiro atoms. The van der Waals surface area contributed by atoms with Crippen molar-refractivity contribution in [1.29, 1.82) is 0 Å². The average molecular weight is 422 g/mol. The molecular weight excluding hydrogens is 394 g/mol. The molecule has 4 heteroatoms. The van der Waals surface area contributed by atoms with Crippen LogP contribution < -0.4 is 16.8 Å². The van der Waals surface area contributed by atoms with Crippen LogP contribution in [-0.4, -0.2) is 18.5 Å². The van der Waals surface area contributed by atoms with Crippen LogP contribution in [0.15, 0.2) is 78.9 Å². The minimum atomic E-state index is -0.584. The lowest BCUT2D eigenvalue weighted by atomic mass is 10.1. The summed E-state index contributed by atoms with van der Waals surface area (Å²) in [6.07, 6.45) is 2.27. The van der Waals surface area contributed by atoms with Gasteiger partial charge < -0.3 is 16.8 Å². The van der Waals surface area contributed by atoms with E-state index in [9.17, 15) is 4.79 Å². The number of amides is 1. The van der Waals surface area contributed by atoms with Gasteiger partial charge in [0.05, 0.1) is 6.04 Å². The molecule has 0 aliphatic carbocycles. The normalized spacial score (nSPS) is 10.8. The molecule has 0 radical (unpaired) electrons. The van der Waals surface area contributed by atoms with Gasteiger partial charge in [0.1, 0.15) is 0 Å². The molecule has 0 saturated heterocycles. The van der Waals surface area contributed by atoms with E-state index in [1.54, 1.807) is 0 Å². The van der Waals surface area contributed by atoms with E-state index in [2.05, 4.69) is 29.0 Å². The summed E-state index contributed by atoms with van der Waals surface area (Å²) in [5.41, 5.74) is 15.6. The van der Waals surface area contributed by atoms with Gasteiger partial charge in [-0.15, -0.1) is 0 Å². The van der Waals surface area contributed by atoms with Crippen LogP contribution in [0.25, 0.3) is 0 Å². The van der Waals surface area contributed by atoms with Crippen molar-refractivity contribution in [3.8, 4) is 23.7 Å². The number of hydrogen-bond donors (Lipinski definition) is 3. The summed E-state index contributed by atoms with van der Waals surface area (Å²) in [6, 6.07) is 24.5.